The summed E-state index contributed by atoms with van der Waals surface area (Å²) in [5.74, 6) is 0.110. The van der Waals surface area contributed by atoms with E-state index in [2.05, 4.69) is 0 Å². The van der Waals surface area contributed by atoms with Gasteiger partial charge in [0, 0.05) is 0 Å². The number of hydrogen-bond donors (Lipinski definition) is 2. The first-order chi connectivity index (χ1) is 5.84. The molecule has 0 bridgehead atoms. The predicted molar refractivity (Wildman–Crippen MR) is 57.8 cm³/mol. The van der Waals surface area contributed by atoms with Crippen molar-refractivity contribution in [3.05, 3.63) is 21.7 Å². The van der Waals surface area contributed by atoms with E-state index in [1.165, 1.54) is 0 Å². The van der Waals surface area contributed by atoms with Crippen LogP contribution in [0.2, 0.25) is 0 Å². The monoisotopic (exact) mass is 238 g/mol. The van der Waals surface area contributed by atoms with Gasteiger partial charge in [0.1, 0.15) is 4.65 Å². The number of allylic oxidation sites excluding steroid dienone is 2. The maximum Gasteiger partial charge on any atom is 0.363 e. The summed E-state index contributed by atoms with van der Waals surface area (Å²) in [6.07, 6.45) is 1.73. The predicted octanol–water partition coefficient (Wildman–Crippen LogP) is 1.64. The van der Waals surface area contributed by atoms with Crippen molar-refractivity contribution in [1.82, 2.24) is 0 Å². The van der Waals surface area contributed by atoms with E-state index >= 15 is 0 Å². The van der Waals surface area contributed by atoms with E-state index in [1.807, 2.05) is 13.8 Å². The van der Waals surface area contributed by atoms with Crippen LogP contribution in [0.3, 0.4) is 0 Å². The molecule has 13 heavy (non-hydrogen) atoms. The summed E-state index contributed by atoms with van der Waals surface area (Å²) in [6.45, 7) is 3.79. The second kappa shape index (κ2) is 3.75. The third-order valence-electron chi connectivity index (χ3n) is 1.70. The molecule has 0 amide bonds. The fourth-order valence-electron chi connectivity index (χ4n) is 1.11. The van der Waals surface area contributed by atoms with Gasteiger partial charge in [0.05, 0.1) is 0 Å². The summed E-state index contributed by atoms with van der Waals surface area (Å²) >= 11 is 4.96. The van der Waals surface area contributed by atoms with Crippen LogP contribution in [0.5, 0.6) is 0 Å². The van der Waals surface area contributed by atoms with Crippen molar-refractivity contribution in [3.8, 4) is 0 Å². The molecule has 0 aromatic rings. The second-order valence-electron chi connectivity index (χ2n) is 3.06. The highest BCUT2D eigenvalue weighted by Crippen LogP contribution is 2.52. The molecular formula is C7H11O3PS2. The van der Waals surface area contributed by atoms with Crippen molar-refractivity contribution in [2.45, 2.75) is 13.8 Å². The van der Waals surface area contributed by atoms with Gasteiger partial charge in [0.15, 0.2) is 0 Å². The molecule has 3 nitrogen and oxygen atoms in total. The van der Waals surface area contributed by atoms with Crippen LogP contribution in [0.1, 0.15) is 13.8 Å². The first-order valence-corrected chi connectivity index (χ1v) is 7.55. The van der Waals surface area contributed by atoms with Crippen molar-refractivity contribution < 1.29 is 14.4 Å². The van der Waals surface area contributed by atoms with Gasteiger partial charge >= 0.3 is 7.60 Å². The van der Waals surface area contributed by atoms with E-state index < -0.39 is 17.1 Å². The Morgan fingerprint density at radius 1 is 1.54 bits per heavy atom. The van der Waals surface area contributed by atoms with Crippen LogP contribution in [0.25, 0.3) is 0 Å². The second-order valence-corrected chi connectivity index (χ2v) is 7.25. The van der Waals surface area contributed by atoms with Crippen LogP contribution in [0.4, 0.5) is 0 Å². The fourth-order valence-corrected chi connectivity index (χ4v) is 5.17. The van der Waals surface area contributed by atoms with Crippen molar-refractivity contribution in [2.75, 3.05) is 0 Å². The molecule has 74 valence electrons. The molecular weight excluding hydrogens is 227 g/mol. The van der Waals surface area contributed by atoms with Crippen molar-refractivity contribution >= 4 is 28.2 Å². The summed E-state index contributed by atoms with van der Waals surface area (Å²) in [5, 5.41) is 1.68. The molecule has 6 heteroatoms. The van der Waals surface area contributed by atoms with Crippen LogP contribution < -0.4 is 0 Å². The molecule has 0 radical (unpaired) electrons. The van der Waals surface area contributed by atoms with Gasteiger partial charge in [-0.25, -0.2) is 0 Å². The minimum Gasteiger partial charge on any atom is -0.321 e. The first-order valence-electron chi connectivity index (χ1n) is 3.73. The Hall–Kier alpha value is 0.200. The number of rotatable bonds is 2. The van der Waals surface area contributed by atoms with E-state index in [-0.39, 0.29) is 10.6 Å². The summed E-state index contributed by atoms with van der Waals surface area (Å²) in [5.41, 5.74) is 0.701. The van der Waals surface area contributed by atoms with Crippen molar-refractivity contribution in [1.29, 1.82) is 0 Å². The molecule has 0 spiro atoms. The van der Waals surface area contributed by atoms with Crippen LogP contribution in [-0.2, 0) is 25.2 Å². The Kier molecular flexibility index (Phi) is 3.25. The Balaban J connectivity index is 3.25. The molecule has 0 aromatic heterocycles. The lowest BCUT2D eigenvalue weighted by atomic mass is 10.1. The van der Waals surface area contributed by atoms with Crippen molar-refractivity contribution in [3.63, 3.8) is 0 Å². The highest BCUT2D eigenvalue weighted by Gasteiger charge is 2.30. The maximum atomic E-state index is 11.1. The summed E-state index contributed by atoms with van der Waals surface area (Å²) < 4.78 is 11.2. The largest absolute Gasteiger partial charge is 0.363 e. The highest BCUT2D eigenvalue weighted by molar-refractivity contribution is 8.35. The Labute approximate surface area is 84.3 Å². The Morgan fingerprint density at radius 3 is 2.38 bits per heavy atom. The standard InChI is InChI=1S/C7H11O3PS2/c1-5(2)6-3-4-13(12)7(6)11(8,9)10/h3-5H,1-2H3,(H2,8,9,10). The average molecular weight is 238 g/mol. The van der Waals surface area contributed by atoms with Gasteiger partial charge in [0.2, 0.25) is 0 Å². The lowest BCUT2D eigenvalue weighted by Crippen LogP contribution is -1.96. The molecule has 0 aliphatic carbocycles. The summed E-state index contributed by atoms with van der Waals surface area (Å²) in [4.78, 5) is 18.1. The molecule has 1 rings (SSSR count). The molecule has 1 atom stereocenters. The zero-order valence-electron chi connectivity index (χ0n) is 7.30. The van der Waals surface area contributed by atoms with Crippen LogP contribution in [0.15, 0.2) is 21.7 Å². The minimum atomic E-state index is -4.15. The smallest absolute Gasteiger partial charge is 0.321 e. The van der Waals surface area contributed by atoms with Crippen LogP contribution in [-0.4, -0.2) is 9.79 Å². The van der Waals surface area contributed by atoms with E-state index in [4.69, 9.17) is 21.0 Å². The average Bonchev–Trinajstić information content (AvgIpc) is 2.28. The molecule has 1 unspecified atom stereocenters. The van der Waals surface area contributed by atoms with Gasteiger partial charge in [-0.05, 0) is 28.1 Å². The highest BCUT2D eigenvalue weighted by atomic mass is 32.8. The zero-order valence-corrected chi connectivity index (χ0v) is 9.83. The van der Waals surface area contributed by atoms with Gasteiger partial charge in [0.25, 0.3) is 0 Å². The molecule has 0 saturated heterocycles. The van der Waals surface area contributed by atoms with Gasteiger partial charge in [-0.2, -0.15) is 0 Å². The molecule has 1 aliphatic heterocycles. The van der Waals surface area contributed by atoms with Gasteiger partial charge in [-0.1, -0.05) is 29.4 Å². The molecule has 0 saturated carbocycles. The van der Waals surface area contributed by atoms with E-state index in [0.29, 0.717) is 5.57 Å². The minimum absolute atomic E-state index is 0.110. The third kappa shape index (κ3) is 2.36. The summed E-state index contributed by atoms with van der Waals surface area (Å²) in [6, 6.07) is 0. The van der Waals surface area contributed by atoms with Gasteiger partial charge in [-0.15, -0.1) is 0 Å². The van der Waals surface area contributed by atoms with Gasteiger partial charge in [-0.3, -0.25) is 4.57 Å². The van der Waals surface area contributed by atoms with Gasteiger partial charge < -0.3 is 9.79 Å². The Morgan fingerprint density at radius 2 is 2.08 bits per heavy atom. The lowest BCUT2D eigenvalue weighted by Gasteiger charge is -2.11. The lowest BCUT2D eigenvalue weighted by molar-refractivity contribution is 0.384. The molecule has 1 aliphatic rings. The summed E-state index contributed by atoms with van der Waals surface area (Å²) in [7, 11) is -4.97. The van der Waals surface area contributed by atoms with E-state index in [1.54, 1.807) is 11.5 Å². The zero-order chi connectivity index (χ0) is 10.2. The molecule has 0 aromatic carbocycles. The van der Waals surface area contributed by atoms with Crippen LogP contribution in [0, 0.1) is 5.92 Å². The SMILES string of the molecule is CC(C)C1=C(P(=O)(O)O)S(=S)C=C1. The van der Waals surface area contributed by atoms with E-state index in [9.17, 15) is 4.57 Å². The normalized spacial score (nSPS) is 23.3. The first kappa shape index (κ1) is 11.3. The molecule has 0 fully saturated rings. The molecule has 2 N–H and O–H groups in total. The quantitative estimate of drug-likeness (QED) is 0.718. The van der Waals surface area contributed by atoms with Crippen LogP contribution >= 0.6 is 7.60 Å². The molecule has 1 heterocycles. The third-order valence-corrected chi connectivity index (χ3v) is 5.99. The topological polar surface area (TPSA) is 57.5 Å². The fraction of sp³-hybridized carbons (Fsp3) is 0.429. The van der Waals surface area contributed by atoms with E-state index in [0.717, 1.165) is 0 Å². The Bertz CT molecular complexity index is 351. The maximum absolute atomic E-state index is 11.1. The number of hydrogen-bond acceptors (Lipinski definition) is 2. The van der Waals surface area contributed by atoms with Crippen molar-refractivity contribution in [2.24, 2.45) is 5.92 Å².